The summed E-state index contributed by atoms with van der Waals surface area (Å²) >= 11 is 0. The first kappa shape index (κ1) is 10.6. The number of aromatic amines is 1. The lowest BCUT2D eigenvalue weighted by Gasteiger charge is -2.08. The minimum Gasteiger partial charge on any atom is -0.268 e. The van der Waals surface area contributed by atoms with Crippen molar-refractivity contribution in [2.24, 2.45) is 0 Å². The van der Waals surface area contributed by atoms with Gasteiger partial charge in [0.1, 0.15) is 0 Å². The number of H-pyrrole nitrogens is 1. The molecule has 0 bridgehead atoms. The number of aryl methyl sites for hydroxylation is 1. The maximum absolute atomic E-state index is 11.4. The van der Waals surface area contributed by atoms with Crippen LogP contribution in [0.25, 0.3) is 11.3 Å². The van der Waals surface area contributed by atoms with Gasteiger partial charge in [-0.15, -0.1) is 0 Å². The van der Waals surface area contributed by atoms with E-state index in [0.29, 0.717) is 0 Å². The molecule has 1 heterocycles. The topological polar surface area (TPSA) is 45.8 Å². The van der Waals surface area contributed by atoms with Crippen LogP contribution in [0, 0.1) is 20.8 Å². The highest BCUT2D eigenvalue weighted by molar-refractivity contribution is 5.66. The Morgan fingerprint density at radius 1 is 1.06 bits per heavy atom. The molecule has 3 heteroatoms. The van der Waals surface area contributed by atoms with Gasteiger partial charge < -0.3 is 0 Å². The Balaban J connectivity index is 2.71. The highest BCUT2D eigenvalue weighted by Gasteiger charge is 2.09. The smallest absolute Gasteiger partial charge is 0.267 e. The maximum Gasteiger partial charge on any atom is 0.267 e. The molecular weight excluding hydrogens is 200 g/mol. The number of rotatable bonds is 1. The summed E-state index contributed by atoms with van der Waals surface area (Å²) in [5, 5.41) is 6.66. The highest BCUT2D eigenvalue weighted by Crippen LogP contribution is 2.23. The summed E-state index contributed by atoms with van der Waals surface area (Å²) in [6, 6.07) is 8.02. The molecule has 0 amide bonds. The van der Waals surface area contributed by atoms with E-state index in [1.165, 1.54) is 0 Å². The Morgan fingerprint density at radius 2 is 1.75 bits per heavy atom. The fourth-order valence-corrected chi connectivity index (χ4v) is 1.72. The van der Waals surface area contributed by atoms with Gasteiger partial charge in [-0.2, -0.15) is 5.10 Å². The molecule has 3 nitrogen and oxygen atoms in total. The van der Waals surface area contributed by atoms with Crippen LogP contribution in [0.3, 0.4) is 0 Å². The second kappa shape index (κ2) is 3.93. The van der Waals surface area contributed by atoms with Crippen LogP contribution >= 0.6 is 0 Å². The zero-order chi connectivity index (χ0) is 11.7. The largest absolute Gasteiger partial charge is 0.268 e. The molecule has 2 aromatic rings. The van der Waals surface area contributed by atoms with Gasteiger partial charge >= 0.3 is 0 Å². The fraction of sp³-hybridized carbons (Fsp3) is 0.231. The summed E-state index contributed by atoms with van der Waals surface area (Å²) in [6.45, 7) is 5.79. The Morgan fingerprint density at radius 3 is 2.44 bits per heavy atom. The van der Waals surface area contributed by atoms with Crippen molar-refractivity contribution in [2.75, 3.05) is 0 Å². The van der Waals surface area contributed by atoms with Crippen molar-refractivity contribution < 1.29 is 0 Å². The Hall–Kier alpha value is -1.90. The lowest BCUT2D eigenvalue weighted by Crippen LogP contribution is -2.14. The second-order valence-electron chi connectivity index (χ2n) is 3.97. The van der Waals surface area contributed by atoms with Crippen molar-refractivity contribution in [3.05, 3.63) is 51.3 Å². The molecule has 0 aliphatic rings. The van der Waals surface area contributed by atoms with Gasteiger partial charge in [0, 0.05) is 11.1 Å². The maximum atomic E-state index is 11.4. The summed E-state index contributed by atoms with van der Waals surface area (Å²) in [5.41, 5.74) is 4.64. The van der Waals surface area contributed by atoms with E-state index < -0.39 is 0 Å². The van der Waals surface area contributed by atoms with E-state index in [4.69, 9.17) is 0 Å². The zero-order valence-corrected chi connectivity index (χ0v) is 9.66. The number of benzene rings is 1. The third-order valence-electron chi connectivity index (χ3n) is 2.93. The molecule has 0 aliphatic carbocycles. The van der Waals surface area contributed by atoms with E-state index in [-0.39, 0.29) is 5.56 Å². The normalized spacial score (nSPS) is 10.4. The van der Waals surface area contributed by atoms with E-state index in [1.807, 2.05) is 45.0 Å². The highest BCUT2D eigenvalue weighted by atomic mass is 16.1. The van der Waals surface area contributed by atoms with Crippen molar-refractivity contribution in [1.29, 1.82) is 0 Å². The molecule has 1 N–H and O–H groups in total. The molecule has 1 aromatic heterocycles. The first-order chi connectivity index (χ1) is 7.61. The van der Waals surface area contributed by atoms with Crippen LogP contribution in [-0.2, 0) is 0 Å². The van der Waals surface area contributed by atoms with Gasteiger partial charge in [-0.1, -0.05) is 24.3 Å². The summed E-state index contributed by atoms with van der Waals surface area (Å²) < 4.78 is 0. The van der Waals surface area contributed by atoms with Crippen molar-refractivity contribution in [3.8, 4) is 11.3 Å². The molecular formula is C13H14N2O. The minimum atomic E-state index is -0.116. The van der Waals surface area contributed by atoms with Crippen LogP contribution in [0.15, 0.2) is 29.1 Å². The molecule has 0 unspecified atom stereocenters. The number of nitrogens with one attached hydrogen (secondary N) is 1. The number of hydrogen-bond acceptors (Lipinski definition) is 2. The molecule has 0 fully saturated rings. The van der Waals surface area contributed by atoms with Gasteiger partial charge in [0.25, 0.3) is 5.56 Å². The van der Waals surface area contributed by atoms with Crippen LogP contribution in [0.4, 0.5) is 0 Å². The SMILES string of the molecule is Cc1ccccc1-c1n[nH]c(=O)c(C)c1C. The van der Waals surface area contributed by atoms with Crippen molar-refractivity contribution in [1.82, 2.24) is 10.2 Å². The van der Waals surface area contributed by atoms with Gasteiger partial charge in [0.05, 0.1) is 5.69 Å². The summed E-state index contributed by atoms with van der Waals surface area (Å²) in [4.78, 5) is 11.4. The Bertz CT molecular complexity index is 585. The van der Waals surface area contributed by atoms with Crippen LogP contribution < -0.4 is 5.56 Å². The number of aromatic nitrogens is 2. The van der Waals surface area contributed by atoms with Crippen LogP contribution in [0.1, 0.15) is 16.7 Å². The molecule has 2 rings (SSSR count). The zero-order valence-electron chi connectivity index (χ0n) is 9.66. The Labute approximate surface area is 94.2 Å². The fourth-order valence-electron chi connectivity index (χ4n) is 1.72. The molecule has 1 aromatic carbocycles. The minimum absolute atomic E-state index is 0.116. The van der Waals surface area contributed by atoms with Gasteiger partial charge in [0.2, 0.25) is 0 Å². The van der Waals surface area contributed by atoms with E-state index >= 15 is 0 Å². The lowest BCUT2D eigenvalue weighted by atomic mass is 10.0. The second-order valence-corrected chi connectivity index (χ2v) is 3.97. The average Bonchev–Trinajstić information content (AvgIpc) is 2.28. The van der Waals surface area contributed by atoms with Gasteiger partial charge in [0.15, 0.2) is 0 Å². The summed E-state index contributed by atoms with van der Waals surface area (Å²) in [7, 11) is 0. The lowest BCUT2D eigenvalue weighted by molar-refractivity contribution is 0.957. The molecule has 0 spiro atoms. The number of nitrogens with zero attached hydrogens (tertiary/aromatic N) is 1. The third-order valence-corrected chi connectivity index (χ3v) is 2.93. The molecule has 0 saturated carbocycles. The van der Waals surface area contributed by atoms with Gasteiger partial charge in [-0.05, 0) is 31.9 Å². The predicted molar refractivity (Wildman–Crippen MR) is 64.5 cm³/mol. The average molecular weight is 214 g/mol. The molecule has 0 aliphatic heterocycles. The third kappa shape index (κ3) is 1.65. The molecule has 82 valence electrons. The van der Waals surface area contributed by atoms with Crippen molar-refractivity contribution in [2.45, 2.75) is 20.8 Å². The molecule has 0 atom stereocenters. The van der Waals surface area contributed by atoms with E-state index in [1.54, 1.807) is 0 Å². The molecule has 0 saturated heterocycles. The van der Waals surface area contributed by atoms with Crippen LogP contribution in [0.5, 0.6) is 0 Å². The summed E-state index contributed by atoms with van der Waals surface area (Å²) in [6.07, 6.45) is 0. The first-order valence-corrected chi connectivity index (χ1v) is 5.23. The number of hydrogen-bond donors (Lipinski definition) is 1. The monoisotopic (exact) mass is 214 g/mol. The van der Waals surface area contributed by atoms with E-state index in [2.05, 4.69) is 10.2 Å². The summed E-state index contributed by atoms with van der Waals surface area (Å²) in [5.74, 6) is 0. The molecule has 16 heavy (non-hydrogen) atoms. The van der Waals surface area contributed by atoms with Crippen molar-refractivity contribution in [3.63, 3.8) is 0 Å². The first-order valence-electron chi connectivity index (χ1n) is 5.23. The quantitative estimate of drug-likeness (QED) is 0.792. The van der Waals surface area contributed by atoms with Crippen LogP contribution in [-0.4, -0.2) is 10.2 Å². The van der Waals surface area contributed by atoms with Gasteiger partial charge in [-0.3, -0.25) is 4.79 Å². The Kier molecular flexibility index (Phi) is 2.60. The predicted octanol–water partition coefficient (Wildman–Crippen LogP) is 2.36. The van der Waals surface area contributed by atoms with Crippen LogP contribution in [0.2, 0.25) is 0 Å². The van der Waals surface area contributed by atoms with E-state index in [0.717, 1.165) is 27.9 Å². The molecule has 0 radical (unpaired) electrons. The van der Waals surface area contributed by atoms with Gasteiger partial charge in [-0.25, -0.2) is 5.10 Å². The van der Waals surface area contributed by atoms with E-state index in [9.17, 15) is 4.79 Å². The standard InChI is InChI=1S/C13H14N2O/c1-8-6-4-5-7-11(8)12-9(2)10(3)13(16)15-14-12/h4-7H,1-3H3,(H,15,16). The van der Waals surface area contributed by atoms with Crippen molar-refractivity contribution >= 4 is 0 Å².